The van der Waals surface area contributed by atoms with Crippen LogP contribution in [0.1, 0.15) is 72.8 Å². The van der Waals surface area contributed by atoms with Gasteiger partial charge in [-0.05, 0) is 60.5 Å². The number of aromatic nitrogens is 1. The molecule has 2 unspecified atom stereocenters. The second-order valence-corrected chi connectivity index (χ2v) is 30.5. The van der Waals surface area contributed by atoms with E-state index in [2.05, 4.69) is 194 Å². The van der Waals surface area contributed by atoms with E-state index < -0.39 is 35.1 Å². The van der Waals surface area contributed by atoms with E-state index in [9.17, 15) is 4.79 Å². The number of benzene rings is 6. The lowest BCUT2D eigenvalue weighted by atomic mass is 9.73. The van der Waals surface area contributed by atoms with Crippen molar-refractivity contribution >= 4 is 59.8 Å². The van der Waals surface area contributed by atoms with Gasteiger partial charge in [-0.3, -0.25) is 9.69 Å². The number of amides is 1. The fraction of sp³-hybridized carbons (Fsp3) is 0.310. The Morgan fingerprint density at radius 2 is 0.884 bits per heavy atom. The van der Waals surface area contributed by atoms with Crippen LogP contribution in [0.4, 0.5) is 5.13 Å². The predicted octanol–water partition coefficient (Wildman–Crippen LogP) is 10.7. The Kier molecular flexibility index (Phi) is 14.8. The summed E-state index contributed by atoms with van der Waals surface area (Å²) in [5, 5.41) is 9.96. The highest BCUT2D eigenvalue weighted by Crippen LogP contribution is 2.49. The molecule has 11 heteroatoms. The molecular weight excluding hydrogens is 907 g/mol. The van der Waals surface area contributed by atoms with Crippen molar-refractivity contribution in [2.75, 3.05) is 18.1 Å². The minimum absolute atomic E-state index is 0.0410. The Hall–Kier alpha value is -5.83. The van der Waals surface area contributed by atoms with E-state index in [0.717, 1.165) is 32.2 Å². The Morgan fingerprint density at radius 3 is 1.20 bits per heavy atom. The molecule has 358 valence electrons. The van der Waals surface area contributed by atoms with Crippen molar-refractivity contribution in [1.82, 2.24) is 10.3 Å². The molecule has 8 rings (SSSR count). The van der Waals surface area contributed by atoms with Crippen LogP contribution in [-0.4, -0.2) is 59.2 Å². The van der Waals surface area contributed by atoms with Crippen molar-refractivity contribution < 1.29 is 23.1 Å². The van der Waals surface area contributed by atoms with E-state index in [4.69, 9.17) is 23.3 Å². The molecule has 1 N–H and O–H groups in total. The monoisotopic (exact) mass is 973 g/mol. The van der Waals surface area contributed by atoms with Gasteiger partial charge >= 0.3 is 0 Å². The summed E-state index contributed by atoms with van der Waals surface area (Å²) in [6.45, 7) is 20.7. The second-order valence-electron chi connectivity index (χ2n) is 21.1. The number of rotatable bonds is 17. The lowest BCUT2D eigenvalue weighted by Crippen LogP contribution is -2.72. The summed E-state index contributed by atoms with van der Waals surface area (Å²) in [6.07, 6.45) is -0.814. The van der Waals surface area contributed by atoms with Crippen molar-refractivity contribution in [2.45, 2.75) is 90.9 Å². The third kappa shape index (κ3) is 10.4. The smallest absolute Gasteiger partial charge is 0.271 e. The molecule has 6 aromatic carbocycles. The number of ether oxygens (including phenoxy) is 2. The van der Waals surface area contributed by atoms with Crippen molar-refractivity contribution in [3.63, 3.8) is 0 Å². The van der Waals surface area contributed by atoms with E-state index in [1.165, 1.54) is 11.3 Å². The molecule has 8 nitrogen and oxygen atoms in total. The van der Waals surface area contributed by atoms with Gasteiger partial charge in [-0.1, -0.05) is 220 Å². The molecule has 1 aliphatic heterocycles. The van der Waals surface area contributed by atoms with Gasteiger partial charge in [0.1, 0.15) is 17.2 Å². The number of anilines is 1. The van der Waals surface area contributed by atoms with E-state index in [0.29, 0.717) is 10.8 Å². The van der Waals surface area contributed by atoms with Crippen molar-refractivity contribution in [2.24, 2.45) is 11.3 Å². The first-order valence-corrected chi connectivity index (χ1v) is 28.7. The Bertz CT molecular complexity index is 2480. The van der Waals surface area contributed by atoms with Gasteiger partial charge < -0.3 is 23.6 Å². The molecule has 0 aliphatic carbocycles. The summed E-state index contributed by atoms with van der Waals surface area (Å²) < 4.78 is 28.7. The Labute approximate surface area is 415 Å². The van der Waals surface area contributed by atoms with Crippen LogP contribution in [0, 0.1) is 11.3 Å². The van der Waals surface area contributed by atoms with Crippen LogP contribution < -0.4 is 40.4 Å². The molecule has 7 aromatic rings. The highest BCUT2D eigenvalue weighted by atomic mass is 32.1. The SMILES string of the molecule is CC(C)(C)C1C(Oc2ccccc2)N(c2nc(C(=O)NC(CO[Si](c3ccccc3)(c3ccccc3)C(C)(C)C)CO[Si](c3ccccc3)(c3ccccc3)C(C)(C)C)cs2)C1Oc1ccccc1. The zero-order valence-electron chi connectivity index (χ0n) is 41.5. The lowest BCUT2D eigenvalue weighted by molar-refractivity contribution is -0.107. The average molecular weight is 974 g/mol. The number of nitrogens with one attached hydrogen (secondary N) is 1. The number of para-hydroxylation sites is 2. The molecule has 69 heavy (non-hydrogen) atoms. The molecule has 2 atom stereocenters. The molecule has 1 amide bonds. The minimum atomic E-state index is -3.04. The summed E-state index contributed by atoms with van der Waals surface area (Å²) >= 11 is 1.41. The van der Waals surface area contributed by atoms with E-state index in [-0.39, 0.29) is 40.5 Å². The zero-order valence-corrected chi connectivity index (χ0v) is 44.3. The molecule has 0 saturated carbocycles. The Morgan fingerprint density at radius 1 is 0.551 bits per heavy atom. The minimum Gasteiger partial charge on any atom is -0.470 e. The molecule has 0 spiro atoms. The fourth-order valence-corrected chi connectivity index (χ4v) is 20.1. The molecular formula is C58H67N3O5SSi2. The summed E-state index contributed by atoms with van der Waals surface area (Å²) in [6, 6.07) is 61.6. The molecule has 0 bridgehead atoms. The van der Waals surface area contributed by atoms with Crippen LogP contribution >= 0.6 is 11.3 Å². The molecule has 1 saturated heterocycles. The molecule has 1 aromatic heterocycles. The van der Waals surface area contributed by atoms with Crippen LogP contribution in [0.3, 0.4) is 0 Å². The second kappa shape index (κ2) is 20.6. The van der Waals surface area contributed by atoms with Crippen LogP contribution in [0.25, 0.3) is 0 Å². The topological polar surface area (TPSA) is 82.2 Å². The quantitative estimate of drug-likeness (QED) is 0.0911. The van der Waals surface area contributed by atoms with Gasteiger partial charge in [0, 0.05) is 5.38 Å². The molecule has 1 aliphatic rings. The highest BCUT2D eigenvalue weighted by Gasteiger charge is 2.59. The molecule has 1 fully saturated rings. The zero-order chi connectivity index (χ0) is 48.9. The highest BCUT2D eigenvalue weighted by molar-refractivity contribution is 7.14. The third-order valence-corrected chi connectivity index (χ3v) is 24.1. The first-order valence-electron chi connectivity index (χ1n) is 24.0. The number of carbonyl (C=O) groups excluding carboxylic acids is 1. The van der Waals surface area contributed by atoms with Crippen LogP contribution in [-0.2, 0) is 8.85 Å². The van der Waals surface area contributed by atoms with Crippen molar-refractivity contribution in [3.05, 3.63) is 193 Å². The van der Waals surface area contributed by atoms with Gasteiger partial charge in [-0.2, -0.15) is 0 Å². The summed E-state index contributed by atoms with van der Waals surface area (Å²) in [5.74, 6) is 1.15. The largest absolute Gasteiger partial charge is 0.470 e. The maximum Gasteiger partial charge on any atom is 0.271 e. The molecule has 0 radical (unpaired) electrons. The average Bonchev–Trinajstić information content (AvgIpc) is 3.81. The van der Waals surface area contributed by atoms with Crippen molar-refractivity contribution in [1.29, 1.82) is 0 Å². The number of thiazole rings is 1. The predicted molar refractivity (Wildman–Crippen MR) is 288 cm³/mol. The van der Waals surface area contributed by atoms with Crippen molar-refractivity contribution in [3.8, 4) is 11.5 Å². The standard InChI is InChI=1S/C58H67N3O5SSi2/c1-56(2,3)51-53(65-44-28-16-10-17-29-44)61(54(51)66-45-30-18-11-19-31-45)55-60-50(42-67-55)52(62)59-43(40-63-68(57(4,5)6,46-32-20-12-21-33-46)47-34-22-13-23-35-47)41-64-69(58(7,8)9,48-36-24-14-25-37-48)49-38-26-15-27-39-49/h10-39,42-43,51,53-54H,40-41H2,1-9H3,(H,59,62). The summed E-state index contributed by atoms with van der Waals surface area (Å²) in [4.78, 5) is 22.1. The van der Waals surface area contributed by atoms with Gasteiger partial charge in [0.2, 0.25) is 0 Å². The maximum absolute atomic E-state index is 15.0. The van der Waals surface area contributed by atoms with Gasteiger partial charge in [0.25, 0.3) is 22.5 Å². The normalized spacial score (nSPS) is 16.7. The fourth-order valence-electron chi connectivity index (χ4n) is 9.99. The van der Waals surface area contributed by atoms with Gasteiger partial charge in [-0.25, -0.2) is 4.98 Å². The summed E-state index contributed by atoms with van der Waals surface area (Å²) in [7, 11) is -6.07. The van der Waals surface area contributed by atoms with Gasteiger partial charge in [0.05, 0.1) is 25.2 Å². The van der Waals surface area contributed by atoms with Gasteiger partial charge in [0.15, 0.2) is 17.6 Å². The van der Waals surface area contributed by atoms with Crippen LogP contribution in [0.2, 0.25) is 10.1 Å². The number of nitrogens with zero attached hydrogens (tertiary/aromatic N) is 2. The van der Waals surface area contributed by atoms with E-state index in [1.807, 2.05) is 66.0 Å². The van der Waals surface area contributed by atoms with Gasteiger partial charge in [-0.15, -0.1) is 11.3 Å². The van der Waals surface area contributed by atoms with Crippen LogP contribution in [0.5, 0.6) is 11.5 Å². The Balaban J connectivity index is 1.17. The first kappa shape index (κ1) is 49.6. The first-order chi connectivity index (χ1) is 33.0. The lowest BCUT2D eigenvalue weighted by Gasteiger charge is -2.57. The van der Waals surface area contributed by atoms with E-state index in [1.54, 1.807) is 0 Å². The third-order valence-electron chi connectivity index (χ3n) is 13.3. The maximum atomic E-state index is 15.0. The summed E-state index contributed by atoms with van der Waals surface area (Å²) in [5.41, 5.74) is 0.100. The number of hydrogen-bond acceptors (Lipinski definition) is 8. The molecule has 2 heterocycles. The number of hydrogen-bond donors (Lipinski definition) is 1. The van der Waals surface area contributed by atoms with Crippen LogP contribution in [0.15, 0.2) is 187 Å². The van der Waals surface area contributed by atoms with E-state index >= 15 is 0 Å². The number of carbonyl (C=O) groups is 1.